The number of hydrogen-bond acceptors (Lipinski definition) is 6. The first-order valence-corrected chi connectivity index (χ1v) is 8.85. The van der Waals surface area contributed by atoms with E-state index in [-0.39, 0.29) is 24.0 Å². The zero-order valence-electron chi connectivity index (χ0n) is 15.8. The fourth-order valence-corrected chi connectivity index (χ4v) is 2.76. The van der Waals surface area contributed by atoms with Crippen molar-refractivity contribution in [2.24, 2.45) is 0 Å². The molecule has 0 spiro atoms. The molecule has 1 aromatic carbocycles. The van der Waals surface area contributed by atoms with Gasteiger partial charge in [-0.25, -0.2) is 9.59 Å². The number of nitro benzene ring substituents is 1. The number of benzene rings is 1. The predicted octanol–water partition coefficient (Wildman–Crippen LogP) is 3.47. The Labute approximate surface area is 157 Å². The summed E-state index contributed by atoms with van der Waals surface area (Å²) in [6.45, 7) is 6.12. The molecule has 1 N–H and O–H groups in total. The quantitative estimate of drug-likeness (QED) is 0.633. The first kappa shape index (κ1) is 20.5. The summed E-state index contributed by atoms with van der Waals surface area (Å²) in [6.07, 6.45) is 1.46. The number of hydrogen-bond donors (Lipinski definition) is 1. The third kappa shape index (κ3) is 6.43. The van der Waals surface area contributed by atoms with Gasteiger partial charge in [-0.3, -0.25) is 10.1 Å². The van der Waals surface area contributed by atoms with E-state index >= 15 is 0 Å². The SMILES string of the molecule is CC(C)(C)OC(=O)NC[C@@H]1CCCCN1C(=O)Oc1ccc([N+](=O)[O-])cc1. The number of nitrogens with zero attached hydrogens (tertiary/aromatic N) is 2. The number of nitro groups is 1. The van der Waals surface area contributed by atoms with Crippen LogP contribution in [0.15, 0.2) is 24.3 Å². The number of amides is 2. The highest BCUT2D eigenvalue weighted by Crippen LogP contribution is 2.21. The van der Waals surface area contributed by atoms with Crippen molar-refractivity contribution in [2.75, 3.05) is 13.1 Å². The molecule has 0 unspecified atom stereocenters. The van der Waals surface area contributed by atoms with Crippen molar-refractivity contribution in [3.05, 3.63) is 34.4 Å². The third-order valence-corrected chi connectivity index (χ3v) is 4.00. The summed E-state index contributed by atoms with van der Waals surface area (Å²) in [7, 11) is 0. The molecule has 0 radical (unpaired) electrons. The Kier molecular flexibility index (Phi) is 6.59. The number of likely N-dealkylation sites (tertiary alicyclic amines) is 1. The van der Waals surface area contributed by atoms with Crippen LogP contribution in [0.25, 0.3) is 0 Å². The lowest BCUT2D eigenvalue weighted by molar-refractivity contribution is -0.384. The highest BCUT2D eigenvalue weighted by atomic mass is 16.6. The largest absolute Gasteiger partial charge is 0.444 e. The number of carbonyl (C=O) groups excluding carboxylic acids is 2. The van der Waals surface area contributed by atoms with Crippen LogP contribution >= 0.6 is 0 Å². The van der Waals surface area contributed by atoms with Crippen LogP contribution in [0.3, 0.4) is 0 Å². The number of nitrogens with one attached hydrogen (secondary N) is 1. The maximum absolute atomic E-state index is 12.5. The number of carbonyl (C=O) groups is 2. The number of alkyl carbamates (subject to hydrolysis) is 1. The summed E-state index contributed by atoms with van der Waals surface area (Å²) in [5.74, 6) is 0.232. The van der Waals surface area contributed by atoms with Gasteiger partial charge in [0.1, 0.15) is 11.4 Å². The van der Waals surface area contributed by atoms with E-state index in [0.717, 1.165) is 19.3 Å². The van der Waals surface area contributed by atoms with Crippen LogP contribution in [-0.4, -0.2) is 46.7 Å². The Bertz CT molecular complexity index is 683. The summed E-state index contributed by atoms with van der Waals surface area (Å²) in [4.78, 5) is 36.1. The van der Waals surface area contributed by atoms with E-state index < -0.39 is 22.7 Å². The van der Waals surface area contributed by atoms with Crippen LogP contribution < -0.4 is 10.1 Å². The van der Waals surface area contributed by atoms with E-state index in [0.29, 0.717) is 6.54 Å². The molecule has 0 aliphatic carbocycles. The van der Waals surface area contributed by atoms with Gasteiger partial charge in [0.25, 0.3) is 5.69 Å². The molecule has 1 aromatic rings. The molecule has 0 bridgehead atoms. The molecule has 148 valence electrons. The summed E-state index contributed by atoms with van der Waals surface area (Å²) in [5, 5.41) is 13.4. The Morgan fingerprint density at radius 1 is 1.26 bits per heavy atom. The number of ether oxygens (including phenoxy) is 2. The number of piperidine rings is 1. The second-order valence-corrected chi connectivity index (χ2v) is 7.34. The topological polar surface area (TPSA) is 111 Å². The molecule has 1 heterocycles. The summed E-state index contributed by atoms with van der Waals surface area (Å²) in [6, 6.07) is 5.12. The van der Waals surface area contributed by atoms with Gasteiger partial charge in [0.05, 0.1) is 11.0 Å². The molecule has 1 saturated heterocycles. The van der Waals surface area contributed by atoms with Crippen molar-refractivity contribution >= 4 is 17.9 Å². The Morgan fingerprint density at radius 2 is 1.93 bits per heavy atom. The molecular formula is C18H25N3O6. The summed E-state index contributed by atoms with van der Waals surface area (Å²) >= 11 is 0. The van der Waals surface area contributed by atoms with Crippen molar-refractivity contribution in [2.45, 2.75) is 51.7 Å². The van der Waals surface area contributed by atoms with Crippen molar-refractivity contribution in [3.63, 3.8) is 0 Å². The molecule has 0 saturated carbocycles. The second kappa shape index (κ2) is 8.70. The summed E-state index contributed by atoms with van der Waals surface area (Å²) < 4.78 is 10.5. The average Bonchev–Trinajstić information content (AvgIpc) is 2.59. The van der Waals surface area contributed by atoms with E-state index in [2.05, 4.69) is 5.32 Å². The third-order valence-electron chi connectivity index (χ3n) is 4.00. The Morgan fingerprint density at radius 3 is 2.52 bits per heavy atom. The number of rotatable bonds is 4. The molecule has 0 aromatic heterocycles. The average molecular weight is 379 g/mol. The van der Waals surface area contributed by atoms with Crippen LogP contribution in [0.5, 0.6) is 5.75 Å². The molecule has 27 heavy (non-hydrogen) atoms. The van der Waals surface area contributed by atoms with E-state index in [1.54, 1.807) is 25.7 Å². The molecule has 2 rings (SSSR count). The molecule has 1 fully saturated rings. The molecule has 9 heteroatoms. The first-order chi connectivity index (χ1) is 12.7. The van der Waals surface area contributed by atoms with Crippen LogP contribution in [0.2, 0.25) is 0 Å². The first-order valence-electron chi connectivity index (χ1n) is 8.85. The smallest absolute Gasteiger partial charge is 0.415 e. The minimum absolute atomic E-state index is 0.0767. The molecular weight excluding hydrogens is 354 g/mol. The van der Waals surface area contributed by atoms with Gasteiger partial charge < -0.3 is 19.7 Å². The fraction of sp³-hybridized carbons (Fsp3) is 0.556. The minimum atomic E-state index is -0.592. The van der Waals surface area contributed by atoms with E-state index in [4.69, 9.17) is 9.47 Å². The Hall–Kier alpha value is -2.84. The van der Waals surface area contributed by atoms with Crippen LogP contribution in [0.1, 0.15) is 40.0 Å². The zero-order chi connectivity index (χ0) is 20.0. The zero-order valence-corrected chi connectivity index (χ0v) is 15.8. The van der Waals surface area contributed by atoms with Gasteiger partial charge in [-0.05, 0) is 52.2 Å². The second-order valence-electron chi connectivity index (χ2n) is 7.34. The molecule has 9 nitrogen and oxygen atoms in total. The van der Waals surface area contributed by atoms with Crippen LogP contribution in [0.4, 0.5) is 15.3 Å². The molecule has 1 aliphatic rings. The lowest BCUT2D eigenvalue weighted by atomic mass is 10.0. The highest BCUT2D eigenvalue weighted by Gasteiger charge is 2.29. The van der Waals surface area contributed by atoms with Crippen molar-refractivity contribution in [1.29, 1.82) is 0 Å². The van der Waals surface area contributed by atoms with E-state index in [9.17, 15) is 19.7 Å². The number of non-ortho nitro benzene ring substituents is 1. The van der Waals surface area contributed by atoms with Gasteiger partial charge in [-0.2, -0.15) is 0 Å². The molecule has 1 aliphatic heterocycles. The fourth-order valence-electron chi connectivity index (χ4n) is 2.76. The van der Waals surface area contributed by atoms with E-state index in [1.807, 2.05) is 0 Å². The standard InChI is InChI=1S/C18H25N3O6/c1-18(2,3)27-16(22)19-12-14-6-4-5-11-20(14)17(23)26-15-9-7-13(8-10-15)21(24)25/h7-10,14H,4-6,11-12H2,1-3H3,(H,19,22)/t14-/m0/s1. The monoisotopic (exact) mass is 379 g/mol. The normalized spacial score (nSPS) is 17.1. The maximum atomic E-state index is 12.5. The van der Waals surface area contributed by atoms with Crippen molar-refractivity contribution in [3.8, 4) is 5.75 Å². The van der Waals surface area contributed by atoms with Gasteiger partial charge in [-0.15, -0.1) is 0 Å². The van der Waals surface area contributed by atoms with Gasteiger partial charge in [-0.1, -0.05) is 0 Å². The minimum Gasteiger partial charge on any atom is -0.444 e. The Balaban J connectivity index is 1.94. The van der Waals surface area contributed by atoms with Gasteiger partial charge >= 0.3 is 12.2 Å². The van der Waals surface area contributed by atoms with Crippen LogP contribution in [-0.2, 0) is 4.74 Å². The van der Waals surface area contributed by atoms with Crippen LogP contribution in [0, 0.1) is 10.1 Å². The van der Waals surface area contributed by atoms with Crippen molar-refractivity contribution in [1.82, 2.24) is 10.2 Å². The van der Waals surface area contributed by atoms with Gasteiger partial charge in [0.15, 0.2) is 0 Å². The summed E-state index contributed by atoms with van der Waals surface area (Å²) in [5.41, 5.74) is -0.669. The highest BCUT2D eigenvalue weighted by molar-refractivity contribution is 5.72. The molecule has 1 atom stereocenters. The predicted molar refractivity (Wildman–Crippen MR) is 97.7 cm³/mol. The van der Waals surface area contributed by atoms with Gasteiger partial charge in [0.2, 0.25) is 0 Å². The molecule has 2 amide bonds. The maximum Gasteiger partial charge on any atom is 0.415 e. The van der Waals surface area contributed by atoms with Gasteiger partial charge in [0, 0.05) is 25.2 Å². The lowest BCUT2D eigenvalue weighted by Crippen LogP contribution is -2.50. The lowest BCUT2D eigenvalue weighted by Gasteiger charge is -2.35. The van der Waals surface area contributed by atoms with E-state index in [1.165, 1.54) is 24.3 Å². The van der Waals surface area contributed by atoms with Crippen molar-refractivity contribution < 1.29 is 24.0 Å².